The standard InChI is InChI=1S/C23H31NO4/c1-6-7-14-27-21-16-18(15-20-17(2)10-8-11-19(20)21)24(12-9-13-25)22(26)28-23(3,4)5/h8-12,15-16,25H,6-7,13-14H2,1-5H3/b12-9+. The molecule has 1 amide bonds. The van der Waals surface area contributed by atoms with Crippen LogP contribution in [0.25, 0.3) is 10.8 Å². The van der Waals surface area contributed by atoms with Gasteiger partial charge in [-0.05, 0) is 57.2 Å². The monoisotopic (exact) mass is 385 g/mol. The van der Waals surface area contributed by atoms with E-state index in [-0.39, 0.29) is 6.61 Å². The summed E-state index contributed by atoms with van der Waals surface area (Å²) in [6.07, 6.45) is 4.52. The van der Waals surface area contributed by atoms with Crippen molar-refractivity contribution in [3.63, 3.8) is 0 Å². The molecule has 0 saturated carbocycles. The number of amides is 1. The van der Waals surface area contributed by atoms with E-state index in [0.717, 1.165) is 34.9 Å². The number of hydrogen-bond donors (Lipinski definition) is 1. The van der Waals surface area contributed by atoms with E-state index in [2.05, 4.69) is 6.92 Å². The number of aliphatic hydroxyl groups is 1. The van der Waals surface area contributed by atoms with Crippen LogP contribution in [0.4, 0.5) is 10.5 Å². The molecule has 2 rings (SSSR count). The van der Waals surface area contributed by atoms with Crippen LogP contribution in [0.5, 0.6) is 5.75 Å². The van der Waals surface area contributed by atoms with Crippen molar-refractivity contribution in [2.24, 2.45) is 0 Å². The average molecular weight is 386 g/mol. The van der Waals surface area contributed by atoms with E-state index in [0.29, 0.717) is 12.3 Å². The van der Waals surface area contributed by atoms with Gasteiger partial charge in [-0.25, -0.2) is 4.79 Å². The maximum atomic E-state index is 12.8. The fraction of sp³-hybridized carbons (Fsp3) is 0.435. The Labute approximate surface area is 167 Å². The number of aryl methyl sites for hydroxylation is 1. The Morgan fingerprint density at radius 2 is 1.96 bits per heavy atom. The summed E-state index contributed by atoms with van der Waals surface area (Å²) in [7, 11) is 0. The van der Waals surface area contributed by atoms with Crippen LogP contribution in [0.2, 0.25) is 0 Å². The first-order chi connectivity index (χ1) is 13.3. The lowest BCUT2D eigenvalue weighted by Crippen LogP contribution is -2.33. The number of hydrogen-bond acceptors (Lipinski definition) is 4. The molecule has 0 aliphatic rings. The minimum absolute atomic E-state index is 0.175. The van der Waals surface area contributed by atoms with Gasteiger partial charge >= 0.3 is 6.09 Å². The maximum Gasteiger partial charge on any atom is 0.418 e. The van der Waals surface area contributed by atoms with E-state index in [1.54, 1.807) is 0 Å². The van der Waals surface area contributed by atoms with Crippen molar-refractivity contribution < 1.29 is 19.4 Å². The number of fused-ring (bicyclic) bond motifs is 1. The second-order valence-corrected chi connectivity index (χ2v) is 7.73. The molecule has 152 valence electrons. The molecule has 2 aromatic carbocycles. The van der Waals surface area contributed by atoms with Gasteiger partial charge in [0, 0.05) is 17.7 Å². The Kier molecular flexibility index (Phi) is 7.46. The van der Waals surface area contributed by atoms with Crippen LogP contribution in [0.3, 0.4) is 0 Å². The third-order valence-electron chi connectivity index (χ3n) is 4.14. The second kappa shape index (κ2) is 9.60. The zero-order chi connectivity index (χ0) is 20.7. The van der Waals surface area contributed by atoms with Gasteiger partial charge in [-0.15, -0.1) is 0 Å². The van der Waals surface area contributed by atoms with Gasteiger partial charge in [0.25, 0.3) is 0 Å². The van der Waals surface area contributed by atoms with E-state index in [1.807, 2.05) is 58.0 Å². The Balaban J connectivity index is 2.55. The number of rotatable bonds is 7. The average Bonchev–Trinajstić information content (AvgIpc) is 2.61. The third kappa shape index (κ3) is 5.73. The molecule has 0 heterocycles. The minimum Gasteiger partial charge on any atom is -0.493 e. The van der Waals surface area contributed by atoms with Crippen molar-refractivity contribution in [2.45, 2.75) is 53.1 Å². The van der Waals surface area contributed by atoms with E-state index in [9.17, 15) is 9.90 Å². The van der Waals surface area contributed by atoms with E-state index in [4.69, 9.17) is 9.47 Å². The van der Waals surface area contributed by atoms with Gasteiger partial charge in [-0.1, -0.05) is 31.5 Å². The Hall–Kier alpha value is -2.53. The summed E-state index contributed by atoms with van der Waals surface area (Å²) < 4.78 is 11.6. The molecule has 28 heavy (non-hydrogen) atoms. The summed E-state index contributed by atoms with van der Waals surface area (Å²) in [6, 6.07) is 9.85. The van der Waals surface area contributed by atoms with Crippen molar-refractivity contribution in [2.75, 3.05) is 18.1 Å². The molecule has 5 heteroatoms. The molecule has 5 nitrogen and oxygen atoms in total. The molecule has 2 aromatic rings. The molecule has 1 N–H and O–H groups in total. The van der Waals surface area contributed by atoms with Crippen molar-refractivity contribution >= 4 is 22.6 Å². The van der Waals surface area contributed by atoms with Crippen LogP contribution in [0.15, 0.2) is 42.6 Å². The number of nitrogens with zero attached hydrogens (tertiary/aromatic N) is 1. The third-order valence-corrected chi connectivity index (χ3v) is 4.14. The molecule has 0 atom stereocenters. The van der Waals surface area contributed by atoms with Crippen LogP contribution < -0.4 is 9.64 Å². The highest BCUT2D eigenvalue weighted by molar-refractivity contribution is 5.98. The summed E-state index contributed by atoms with van der Waals surface area (Å²) in [6.45, 7) is 10.1. The molecule has 0 spiro atoms. The van der Waals surface area contributed by atoms with Gasteiger partial charge in [0.15, 0.2) is 0 Å². The Morgan fingerprint density at radius 1 is 1.21 bits per heavy atom. The first-order valence-electron chi connectivity index (χ1n) is 9.72. The van der Waals surface area contributed by atoms with Crippen LogP contribution in [0.1, 0.15) is 46.1 Å². The van der Waals surface area contributed by atoms with Gasteiger partial charge in [0.2, 0.25) is 0 Å². The maximum absolute atomic E-state index is 12.8. The molecule has 0 aliphatic carbocycles. The van der Waals surface area contributed by atoms with Gasteiger partial charge < -0.3 is 14.6 Å². The van der Waals surface area contributed by atoms with Crippen molar-refractivity contribution in [1.29, 1.82) is 0 Å². The van der Waals surface area contributed by atoms with Gasteiger partial charge in [-0.3, -0.25) is 4.90 Å². The molecule has 0 aromatic heterocycles. The van der Waals surface area contributed by atoms with Gasteiger partial charge in [-0.2, -0.15) is 0 Å². The molecule has 0 fully saturated rings. The quantitative estimate of drug-likeness (QED) is 0.633. The fourth-order valence-corrected chi connectivity index (χ4v) is 2.79. The number of ether oxygens (including phenoxy) is 2. The number of anilines is 1. The Morgan fingerprint density at radius 3 is 2.61 bits per heavy atom. The minimum atomic E-state index is -0.629. The number of carbonyl (C=O) groups is 1. The Bertz CT molecular complexity index is 836. The van der Waals surface area contributed by atoms with Gasteiger partial charge in [0.1, 0.15) is 11.4 Å². The highest BCUT2D eigenvalue weighted by Crippen LogP contribution is 2.34. The molecule has 0 unspecified atom stereocenters. The van der Waals surface area contributed by atoms with Crippen molar-refractivity contribution in [3.05, 3.63) is 48.2 Å². The number of benzene rings is 2. The summed E-state index contributed by atoms with van der Waals surface area (Å²) in [5.74, 6) is 0.732. The predicted molar refractivity (Wildman–Crippen MR) is 114 cm³/mol. The first-order valence-corrected chi connectivity index (χ1v) is 9.72. The van der Waals surface area contributed by atoms with E-state index < -0.39 is 11.7 Å². The fourth-order valence-electron chi connectivity index (χ4n) is 2.79. The lowest BCUT2D eigenvalue weighted by atomic mass is 10.0. The summed E-state index contributed by atoms with van der Waals surface area (Å²) in [5, 5.41) is 11.2. The highest BCUT2D eigenvalue weighted by Gasteiger charge is 2.23. The van der Waals surface area contributed by atoms with Crippen LogP contribution in [-0.4, -0.2) is 30.0 Å². The van der Waals surface area contributed by atoms with Crippen molar-refractivity contribution in [1.82, 2.24) is 0 Å². The van der Waals surface area contributed by atoms with Crippen LogP contribution >= 0.6 is 0 Å². The SMILES string of the molecule is CCCCOc1cc(N(/C=C/CO)C(=O)OC(C)(C)C)cc2c(C)cccc12. The molecule has 0 bridgehead atoms. The molecular formula is C23H31NO4. The van der Waals surface area contributed by atoms with E-state index in [1.165, 1.54) is 17.2 Å². The summed E-state index contributed by atoms with van der Waals surface area (Å²) in [4.78, 5) is 14.2. The summed E-state index contributed by atoms with van der Waals surface area (Å²) >= 11 is 0. The normalized spacial score (nSPS) is 11.8. The zero-order valence-electron chi connectivity index (χ0n) is 17.5. The van der Waals surface area contributed by atoms with Crippen molar-refractivity contribution in [3.8, 4) is 5.75 Å². The topological polar surface area (TPSA) is 59.0 Å². The van der Waals surface area contributed by atoms with Crippen LogP contribution in [-0.2, 0) is 4.74 Å². The number of aliphatic hydroxyl groups excluding tert-OH is 1. The zero-order valence-corrected chi connectivity index (χ0v) is 17.5. The molecule has 0 aliphatic heterocycles. The summed E-state index contributed by atoms with van der Waals surface area (Å²) in [5.41, 5.74) is 1.09. The number of unbranched alkanes of at least 4 members (excludes halogenated alkanes) is 1. The smallest absolute Gasteiger partial charge is 0.418 e. The molecule has 0 saturated heterocycles. The largest absolute Gasteiger partial charge is 0.493 e. The second-order valence-electron chi connectivity index (χ2n) is 7.73. The highest BCUT2D eigenvalue weighted by atomic mass is 16.6. The number of carbonyl (C=O) groups excluding carboxylic acids is 1. The predicted octanol–water partition coefficient (Wildman–Crippen LogP) is 5.57. The lowest BCUT2D eigenvalue weighted by Gasteiger charge is -2.26. The first kappa shape index (κ1) is 21.8. The van der Waals surface area contributed by atoms with Crippen LogP contribution in [0, 0.1) is 6.92 Å². The molecular weight excluding hydrogens is 354 g/mol. The molecule has 0 radical (unpaired) electrons. The van der Waals surface area contributed by atoms with Gasteiger partial charge in [0.05, 0.1) is 18.9 Å². The van der Waals surface area contributed by atoms with E-state index >= 15 is 0 Å². The lowest BCUT2D eigenvalue weighted by molar-refractivity contribution is 0.0596.